The molecular weight excluding hydrogens is 484 g/mol. The summed E-state index contributed by atoms with van der Waals surface area (Å²) in [7, 11) is 1.70. The zero-order valence-electron chi connectivity index (χ0n) is 22.7. The molecule has 0 bridgehead atoms. The summed E-state index contributed by atoms with van der Waals surface area (Å²) >= 11 is 0. The zero-order chi connectivity index (χ0) is 26.8. The van der Waals surface area contributed by atoms with Gasteiger partial charge < -0.3 is 15.4 Å². The fourth-order valence-corrected chi connectivity index (χ4v) is 6.66. The third-order valence-corrected chi connectivity index (χ3v) is 8.90. The molecule has 2 saturated heterocycles. The molecule has 1 aliphatic carbocycles. The second-order valence-electron chi connectivity index (χ2n) is 11.4. The van der Waals surface area contributed by atoms with Crippen LogP contribution in [0.4, 0.5) is 0 Å². The lowest BCUT2D eigenvalue weighted by atomic mass is 9.98. The van der Waals surface area contributed by atoms with Crippen LogP contribution in [0.5, 0.6) is 5.75 Å². The van der Waals surface area contributed by atoms with E-state index < -0.39 is 0 Å². The van der Waals surface area contributed by atoms with Crippen molar-refractivity contribution in [3.63, 3.8) is 0 Å². The average Bonchev–Trinajstić information content (AvgIpc) is 3.34. The SMILES string of the molecule is COc1ccc(C2C(c3ccc(CC(=O)[C@@H]4CCCN4)cc3)C2c2ccc(CC(=O)[C@@H]3CCCN3)cc2)cc1. The van der Waals surface area contributed by atoms with Crippen LogP contribution in [0.25, 0.3) is 0 Å². The molecule has 0 amide bonds. The number of hydrogen-bond donors (Lipinski definition) is 2. The highest BCUT2D eigenvalue weighted by Gasteiger charge is 2.52. The van der Waals surface area contributed by atoms with Crippen LogP contribution < -0.4 is 15.4 Å². The van der Waals surface area contributed by atoms with Crippen molar-refractivity contribution in [2.75, 3.05) is 20.2 Å². The first-order chi connectivity index (χ1) is 19.1. The van der Waals surface area contributed by atoms with Gasteiger partial charge in [-0.05, 0) is 96.5 Å². The van der Waals surface area contributed by atoms with E-state index in [1.807, 2.05) is 12.1 Å². The molecule has 0 aromatic heterocycles. The fraction of sp³-hybridized carbons (Fsp3) is 0.412. The number of nitrogens with one attached hydrogen (secondary N) is 2. The molecule has 3 aromatic carbocycles. The summed E-state index contributed by atoms with van der Waals surface area (Å²) < 4.78 is 5.39. The summed E-state index contributed by atoms with van der Waals surface area (Å²) in [6.07, 6.45) is 5.05. The van der Waals surface area contributed by atoms with Crippen molar-refractivity contribution in [1.29, 1.82) is 0 Å². The van der Waals surface area contributed by atoms with Crippen molar-refractivity contribution in [3.05, 3.63) is 101 Å². The maximum Gasteiger partial charge on any atom is 0.154 e. The van der Waals surface area contributed by atoms with E-state index >= 15 is 0 Å². The second-order valence-corrected chi connectivity index (χ2v) is 11.4. The smallest absolute Gasteiger partial charge is 0.154 e. The molecule has 3 aliphatic rings. The van der Waals surface area contributed by atoms with Crippen LogP contribution in [0.3, 0.4) is 0 Å². The number of hydrogen-bond acceptors (Lipinski definition) is 5. The molecule has 0 radical (unpaired) electrons. The Kier molecular flexibility index (Phi) is 7.62. The number of carbonyl (C=O) groups excluding carboxylic acids is 2. The summed E-state index contributed by atoms with van der Waals surface area (Å²) in [5.41, 5.74) is 6.09. The fourth-order valence-electron chi connectivity index (χ4n) is 6.66. The second kappa shape index (κ2) is 11.4. The van der Waals surface area contributed by atoms with Gasteiger partial charge in [0.25, 0.3) is 0 Å². The predicted molar refractivity (Wildman–Crippen MR) is 154 cm³/mol. The van der Waals surface area contributed by atoms with E-state index in [1.54, 1.807) is 7.11 Å². The van der Waals surface area contributed by atoms with Crippen LogP contribution >= 0.6 is 0 Å². The van der Waals surface area contributed by atoms with E-state index in [-0.39, 0.29) is 12.1 Å². The summed E-state index contributed by atoms with van der Waals surface area (Å²) in [6.45, 7) is 1.89. The van der Waals surface area contributed by atoms with Crippen molar-refractivity contribution < 1.29 is 14.3 Å². The molecule has 5 heteroatoms. The third-order valence-electron chi connectivity index (χ3n) is 8.90. The van der Waals surface area contributed by atoms with Crippen LogP contribution in [-0.4, -0.2) is 43.8 Å². The van der Waals surface area contributed by atoms with Gasteiger partial charge in [-0.2, -0.15) is 0 Å². The number of Topliss-reactive ketones (excluding diaryl/α,β-unsaturated/α-hetero) is 2. The van der Waals surface area contributed by atoms with Crippen LogP contribution in [0.1, 0.15) is 71.3 Å². The predicted octanol–water partition coefficient (Wildman–Crippen LogP) is 5.09. The standard InChI is InChI=1S/C34H38N2O3/c1-39-27-16-14-26(15-17-27)34-32(24-10-6-22(7-11-24)20-30(37)28-4-2-18-35-28)33(34)25-12-8-23(9-13-25)21-31(38)29-5-3-19-36-29/h6-17,28-29,32-36H,2-5,18-21H2,1H3/t28-,29-,32?,33?,34?/m0/s1. The van der Waals surface area contributed by atoms with Crippen molar-refractivity contribution in [3.8, 4) is 5.75 Å². The Balaban J connectivity index is 1.19. The molecule has 2 unspecified atom stereocenters. The van der Waals surface area contributed by atoms with Gasteiger partial charge in [0.2, 0.25) is 0 Å². The van der Waals surface area contributed by atoms with E-state index in [0.717, 1.165) is 55.6 Å². The monoisotopic (exact) mass is 522 g/mol. The summed E-state index contributed by atoms with van der Waals surface area (Å²) in [6, 6.07) is 25.9. The highest BCUT2D eigenvalue weighted by Crippen LogP contribution is 2.66. The largest absolute Gasteiger partial charge is 0.497 e. The Morgan fingerprint density at radius 2 is 1.03 bits per heavy atom. The highest BCUT2D eigenvalue weighted by atomic mass is 16.5. The van der Waals surface area contributed by atoms with Gasteiger partial charge in [-0.25, -0.2) is 0 Å². The number of benzene rings is 3. The van der Waals surface area contributed by atoms with Gasteiger partial charge in [-0.15, -0.1) is 0 Å². The lowest BCUT2D eigenvalue weighted by Crippen LogP contribution is -2.31. The minimum Gasteiger partial charge on any atom is -0.497 e. The first-order valence-corrected chi connectivity index (χ1v) is 14.4. The number of rotatable bonds is 10. The van der Waals surface area contributed by atoms with Gasteiger partial charge >= 0.3 is 0 Å². The Labute approximate surface area is 231 Å². The maximum absolute atomic E-state index is 12.6. The number of ketones is 2. The van der Waals surface area contributed by atoms with Crippen LogP contribution in [0.15, 0.2) is 72.8 Å². The molecule has 39 heavy (non-hydrogen) atoms. The molecule has 3 fully saturated rings. The van der Waals surface area contributed by atoms with Crippen LogP contribution in [-0.2, 0) is 22.4 Å². The molecule has 1 saturated carbocycles. The quantitative estimate of drug-likeness (QED) is 0.388. The van der Waals surface area contributed by atoms with E-state index in [1.165, 1.54) is 16.7 Å². The highest BCUT2D eigenvalue weighted by molar-refractivity contribution is 5.86. The molecule has 2 heterocycles. The third kappa shape index (κ3) is 5.70. The van der Waals surface area contributed by atoms with Gasteiger partial charge in [0.15, 0.2) is 11.6 Å². The molecule has 5 nitrogen and oxygen atoms in total. The minimum absolute atomic E-state index is 0.0182. The topological polar surface area (TPSA) is 67.4 Å². The van der Waals surface area contributed by atoms with E-state index in [4.69, 9.17) is 4.74 Å². The molecule has 2 aliphatic heterocycles. The van der Waals surface area contributed by atoms with Crippen LogP contribution in [0.2, 0.25) is 0 Å². The molecule has 2 N–H and O–H groups in total. The van der Waals surface area contributed by atoms with Crippen molar-refractivity contribution >= 4 is 11.6 Å². The summed E-state index contributed by atoms with van der Waals surface area (Å²) in [5, 5.41) is 6.64. The maximum atomic E-state index is 12.6. The van der Waals surface area contributed by atoms with E-state index in [2.05, 4.69) is 71.3 Å². The van der Waals surface area contributed by atoms with Gasteiger partial charge in [-0.3, -0.25) is 9.59 Å². The molecule has 6 rings (SSSR count). The van der Waals surface area contributed by atoms with Crippen molar-refractivity contribution in [2.24, 2.45) is 0 Å². The molecule has 202 valence electrons. The lowest BCUT2D eigenvalue weighted by molar-refractivity contribution is -0.120. The van der Waals surface area contributed by atoms with E-state index in [0.29, 0.717) is 42.2 Å². The number of ether oxygens (including phenoxy) is 1. The molecule has 0 spiro atoms. The summed E-state index contributed by atoms with van der Waals surface area (Å²) in [4.78, 5) is 25.3. The molecular formula is C34H38N2O3. The Bertz CT molecular complexity index is 1210. The Hall–Kier alpha value is -3.28. The van der Waals surface area contributed by atoms with Gasteiger partial charge in [-0.1, -0.05) is 60.7 Å². The van der Waals surface area contributed by atoms with Crippen molar-refractivity contribution in [2.45, 2.75) is 68.4 Å². The lowest BCUT2D eigenvalue weighted by Gasteiger charge is -2.10. The van der Waals surface area contributed by atoms with Gasteiger partial charge in [0.05, 0.1) is 19.2 Å². The number of methoxy groups -OCH3 is 1. The Morgan fingerprint density at radius 3 is 1.36 bits per heavy atom. The Morgan fingerprint density at radius 1 is 0.641 bits per heavy atom. The summed E-state index contributed by atoms with van der Waals surface area (Å²) in [5.74, 6) is 2.57. The van der Waals surface area contributed by atoms with E-state index in [9.17, 15) is 9.59 Å². The van der Waals surface area contributed by atoms with Gasteiger partial charge in [0, 0.05) is 12.8 Å². The average molecular weight is 523 g/mol. The minimum atomic E-state index is 0.0182. The molecule has 3 aromatic rings. The number of carbonyl (C=O) groups is 2. The first-order valence-electron chi connectivity index (χ1n) is 14.4. The van der Waals surface area contributed by atoms with Gasteiger partial charge in [0.1, 0.15) is 5.75 Å². The van der Waals surface area contributed by atoms with Crippen molar-refractivity contribution in [1.82, 2.24) is 10.6 Å². The molecule has 4 atom stereocenters. The normalized spacial score (nSPS) is 25.9. The first kappa shape index (κ1) is 26.0. The van der Waals surface area contributed by atoms with Crippen LogP contribution in [0, 0.1) is 0 Å². The zero-order valence-corrected chi connectivity index (χ0v) is 22.7.